The Morgan fingerprint density at radius 1 is 0.375 bits per heavy atom. The molecule has 0 unspecified atom stereocenters. The maximum Gasteiger partial charge on any atom is 0.287 e. The Morgan fingerprint density at radius 3 is 0.857 bits per heavy atom. The van der Waals surface area contributed by atoms with Gasteiger partial charge in [-0.15, -0.1) is 0 Å². The minimum Gasteiger partial charge on any atom is -0.207 e. The average molecular weight is 795 g/mol. The Bertz CT molecular complexity index is 2250. The first-order chi connectivity index (χ1) is 26.9. The van der Waals surface area contributed by atoms with Gasteiger partial charge >= 0.3 is 0 Å². The zero-order valence-electron chi connectivity index (χ0n) is 30.6. The van der Waals surface area contributed by atoms with E-state index in [0.29, 0.717) is 12.8 Å². The lowest BCUT2D eigenvalue weighted by molar-refractivity contribution is -0.778. The Hall–Kier alpha value is -5.16. The number of nitrogens with zero attached hydrogens (tertiary/aromatic N) is 2. The van der Waals surface area contributed by atoms with Crippen LogP contribution in [-0.4, -0.2) is 5.16 Å². The third-order valence-electron chi connectivity index (χ3n) is 11.5. The van der Waals surface area contributed by atoms with E-state index in [1.165, 1.54) is 72.8 Å². The summed E-state index contributed by atoms with van der Waals surface area (Å²) in [6, 6.07) is 38.4. The summed E-state index contributed by atoms with van der Waals surface area (Å²) in [6.45, 7) is 2.19. The molecule has 10 heteroatoms. The van der Waals surface area contributed by atoms with Crippen molar-refractivity contribution in [1.82, 2.24) is 0 Å². The molecule has 1 aliphatic rings. The summed E-state index contributed by atoms with van der Waals surface area (Å²) >= 11 is 0. The minimum absolute atomic E-state index is 0.417. The molecule has 1 aromatic heterocycles. The monoisotopic (exact) mass is 794 g/mol. The van der Waals surface area contributed by atoms with Crippen molar-refractivity contribution in [2.45, 2.75) is 30.2 Å². The van der Waals surface area contributed by atoms with Gasteiger partial charge in [-0.05, 0) is 153 Å². The van der Waals surface area contributed by atoms with Crippen LogP contribution >= 0.6 is 14.5 Å². The van der Waals surface area contributed by atoms with Crippen molar-refractivity contribution in [3.63, 3.8) is 0 Å². The van der Waals surface area contributed by atoms with Gasteiger partial charge in [0.1, 0.15) is 86.2 Å². The number of halogens is 6. The van der Waals surface area contributed by atoms with Crippen LogP contribution in [0.4, 0.5) is 26.3 Å². The van der Waals surface area contributed by atoms with Crippen LogP contribution in [0, 0.1) is 34.9 Å². The fourth-order valence-corrected chi connectivity index (χ4v) is 20.8. The zero-order valence-corrected chi connectivity index (χ0v) is 32.4. The maximum absolute atomic E-state index is 14.9. The molecule has 280 valence electrons. The molecular formula is C46H38F6N2P2+4. The predicted molar refractivity (Wildman–Crippen MR) is 213 cm³/mol. The predicted octanol–water partition coefficient (Wildman–Crippen LogP) is 7.83. The summed E-state index contributed by atoms with van der Waals surface area (Å²) in [5.41, 5.74) is 0. The summed E-state index contributed by atoms with van der Waals surface area (Å²) in [6.07, 6.45) is 8.76. The molecule has 0 saturated heterocycles. The molecule has 0 aliphatic heterocycles. The highest BCUT2D eigenvalue weighted by Gasteiger charge is 2.84. The van der Waals surface area contributed by atoms with Gasteiger partial charge in [-0.2, -0.15) is 9.13 Å². The van der Waals surface area contributed by atoms with Gasteiger partial charge in [-0.3, -0.25) is 0 Å². The van der Waals surface area contributed by atoms with Crippen molar-refractivity contribution in [3.8, 4) is 0 Å². The number of hydrogen-bond donors (Lipinski definition) is 0. The summed E-state index contributed by atoms with van der Waals surface area (Å²) in [7, 11) is -4.21. The molecule has 56 heavy (non-hydrogen) atoms. The van der Waals surface area contributed by atoms with Crippen LogP contribution in [0.15, 0.2) is 170 Å². The number of rotatable bonds is 9. The molecule has 1 aliphatic carbocycles. The lowest BCUT2D eigenvalue weighted by Crippen LogP contribution is -2.74. The van der Waals surface area contributed by atoms with Gasteiger partial charge in [0.25, 0.3) is 5.28 Å². The second-order valence-corrected chi connectivity index (χ2v) is 22.4. The van der Waals surface area contributed by atoms with Crippen molar-refractivity contribution in [2.75, 3.05) is 0 Å². The molecule has 1 fully saturated rings. The van der Waals surface area contributed by atoms with E-state index in [2.05, 4.69) is 11.5 Å². The molecule has 8 rings (SSSR count). The highest BCUT2D eigenvalue weighted by atomic mass is 31.2. The third-order valence-corrected chi connectivity index (χ3v) is 21.6. The van der Waals surface area contributed by atoms with Crippen LogP contribution in [0.25, 0.3) is 0 Å². The number of hydrogen-bond acceptors (Lipinski definition) is 0. The highest BCUT2D eigenvalue weighted by Crippen LogP contribution is 2.83. The Kier molecular flexibility index (Phi) is 9.71. The SMILES string of the molecule is C[n+]1cc[n+](C2([P+](c3ccc(F)cc3)(c3ccc(F)cc3)c3ccc(F)cc3)CC(C)([P+](c3ccc(F)cc3)(c3ccc(F)cc3)c3ccc(F)cc3)C2)cc1. The van der Waals surface area contributed by atoms with Crippen molar-refractivity contribution in [3.05, 3.63) is 205 Å². The second-order valence-electron chi connectivity index (χ2n) is 14.7. The van der Waals surface area contributed by atoms with Crippen LogP contribution in [0.2, 0.25) is 0 Å². The minimum atomic E-state index is -3.14. The van der Waals surface area contributed by atoms with E-state index in [1.54, 1.807) is 72.8 Å². The molecule has 0 spiro atoms. The summed E-state index contributed by atoms with van der Waals surface area (Å²) in [5, 5.41) is 3.33. The van der Waals surface area contributed by atoms with E-state index < -0.39 is 59.9 Å². The van der Waals surface area contributed by atoms with E-state index in [1.807, 2.05) is 36.4 Å². The molecule has 1 saturated carbocycles. The molecule has 0 atom stereocenters. The molecule has 1 heterocycles. The van der Waals surface area contributed by atoms with Crippen molar-refractivity contribution in [1.29, 1.82) is 0 Å². The fourth-order valence-electron chi connectivity index (χ4n) is 9.27. The summed E-state index contributed by atoms with van der Waals surface area (Å²) in [5.74, 6) is -2.53. The number of aryl methyl sites for hydroxylation is 1. The molecule has 2 nitrogen and oxygen atoms in total. The van der Waals surface area contributed by atoms with Gasteiger partial charge in [0.2, 0.25) is 24.8 Å². The molecule has 0 N–H and O–H groups in total. The van der Waals surface area contributed by atoms with Crippen molar-refractivity contribution in [2.24, 2.45) is 7.05 Å². The lowest BCUT2D eigenvalue weighted by Gasteiger charge is -2.56. The summed E-state index contributed by atoms with van der Waals surface area (Å²) < 4.78 is 93.2. The highest BCUT2D eigenvalue weighted by molar-refractivity contribution is 7.98. The Balaban J connectivity index is 1.50. The van der Waals surface area contributed by atoms with E-state index in [-0.39, 0.29) is 0 Å². The van der Waals surface area contributed by atoms with E-state index >= 15 is 0 Å². The average Bonchev–Trinajstić information content (AvgIpc) is 3.18. The fraction of sp³-hybridized carbons (Fsp3) is 0.130. The number of benzene rings is 6. The van der Waals surface area contributed by atoms with Gasteiger partial charge in [-0.25, -0.2) is 26.3 Å². The van der Waals surface area contributed by atoms with Crippen molar-refractivity contribution < 1.29 is 35.5 Å². The van der Waals surface area contributed by atoms with E-state index in [0.717, 1.165) is 31.8 Å². The van der Waals surface area contributed by atoms with Gasteiger partial charge in [0.15, 0.2) is 7.26 Å². The van der Waals surface area contributed by atoms with Crippen LogP contribution in [0.3, 0.4) is 0 Å². The zero-order chi connectivity index (χ0) is 39.3. The van der Waals surface area contributed by atoms with Gasteiger partial charge in [0, 0.05) is 0 Å². The molecule has 0 bridgehead atoms. The van der Waals surface area contributed by atoms with Crippen LogP contribution < -0.4 is 41.0 Å². The maximum atomic E-state index is 14.9. The molecule has 6 aromatic carbocycles. The van der Waals surface area contributed by atoms with Crippen LogP contribution in [-0.2, 0) is 12.3 Å². The van der Waals surface area contributed by atoms with Gasteiger partial charge in [0.05, 0.1) is 12.8 Å². The van der Waals surface area contributed by atoms with E-state index in [9.17, 15) is 26.3 Å². The Labute approximate surface area is 323 Å². The quantitative estimate of drug-likeness (QED) is 0.0801. The first kappa shape index (κ1) is 37.7. The molecule has 0 radical (unpaired) electrons. The largest absolute Gasteiger partial charge is 0.287 e. The first-order valence-corrected chi connectivity index (χ1v) is 21.7. The molecular weight excluding hydrogens is 756 g/mol. The van der Waals surface area contributed by atoms with Gasteiger partial charge < -0.3 is 0 Å². The topological polar surface area (TPSA) is 7.76 Å². The van der Waals surface area contributed by atoms with Gasteiger partial charge in [-0.1, -0.05) is 0 Å². The third kappa shape index (κ3) is 5.97. The normalized spacial score (nSPS) is 18.4. The lowest BCUT2D eigenvalue weighted by atomic mass is 9.79. The standard InChI is InChI=1S/C46H38F6N2P2/c1-45(55(39-15-3-33(47)4-16-39,40-17-5-34(48)6-18-40)41-19-7-35(49)8-20-41)31-46(32-45,54-29-27-53(2)28-30-54)56(42-21-9-36(50)10-22-42,43-23-11-37(51)12-24-43)44-25-13-38(52)14-26-44/h3-30H,31-32H2,1-2H3/q+4. The molecule has 0 amide bonds. The summed E-state index contributed by atoms with van der Waals surface area (Å²) in [4.78, 5) is 0. The van der Waals surface area contributed by atoms with Crippen molar-refractivity contribution >= 4 is 46.4 Å². The van der Waals surface area contributed by atoms with Crippen LogP contribution in [0.1, 0.15) is 19.8 Å². The van der Waals surface area contributed by atoms with E-state index in [4.69, 9.17) is 0 Å². The number of aromatic nitrogens is 2. The first-order valence-electron chi connectivity index (χ1n) is 18.1. The smallest absolute Gasteiger partial charge is 0.207 e. The molecule has 7 aromatic rings. The second kappa shape index (κ2) is 14.4. The van der Waals surface area contributed by atoms with Crippen LogP contribution in [0.5, 0.6) is 0 Å². The Morgan fingerprint density at radius 2 is 0.607 bits per heavy atom.